The Bertz CT molecular complexity index is 668. The van der Waals surface area contributed by atoms with Crippen LogP contribution in [0, 0.1) is 0 Å². The summed E-state index contributed by atoms with van der Waals surface area (Å²) in [6.07, 6.45) is 8.23. The Balaban J connectivity index is 1.50. The first-order valence-electron chi connectivity index (χ1n) is 8.02. The minimum absolute atomic E-state index is 0.0314. The van der Waals surface area contributed by atoms with Gasteiger partial charge in [-0.05, 0) is 55.5 Å². The highest BCUT2D eigenvalue weighted by molar-refractivity contribution is 5.98. The van der Waals surface area contributed by atoms with Crippen LogP contribution in [0.15, 0.2) is 48.6 Å². The lowest BCUT2D eigenvalue weighted by Gasteiger charge is -2.42. The van der Waals surface area contributed by atoms with Crippen LogP contribution < -0.4 is 4.74 Å². The lowest BCUT2D eigenvalue weighted by atomic mass is 9.76. The Kier molecular flexibility index (Phi) is 4.81. The monoisotopic (exact) mass is 328 g/mol. The van der Waals surface area contributed by atoms with E-state index < -0.39 is 17.9 Å². The van der Waals surface area contributed by atoms with E-state index in [0.29, 0.717) is 19.3 Å². The number of ether oxygens (including phenoxy) is 3. The van der Waals surface area contributed by atoms with Gasteiger partial charge < -0.3 is 14.2 Å². The van der Waals surface area contributed by atoms with Crippen LogP contribution in [0.5, 0.6) is 5.75 Å². The Morgan fingerprint density at radius 2 is 2.08 bits per heavy atom. The quantitative estimate of drug-likeness (QED) is 0.614. The zero-order chi connectivity index (χ0) is 17.0. The summed E-state index contributed by atoms with van der Waals surface area (Å²) in [5, 5.41) is 0. The van der Waals surface area contributed by atoms with Crippen LogP contribution in [0.2, 0.25) is 0 Å². The number of hydrogen-bond donors (Lipinski definition) is 0. The number of allylic oxidation sites excluding steroid dienone is 1. The number of hydrogen-bond acceptors (Lipinski definition) is 5. The largest absolute Gasteiger partial charge is 0.497 e. The zero-order valence-electron chi connectivity index (χ0n) is 13.6. The molecule has 1 aliphatic heterocycles. The van der Waals surface area contributed by atoms with Gasteiger partial charge in [0.15, 0.2) is 5.78 Å². The topological polar surface area (TPSA) is 61.8 Å². The van der Waals surface area contributed by atoms with Gasteiger partial charge in [0, 0.05) is 6.08 Å². The van der Waals surface area contributed by atoms with Crippen LogP contribution in [-0.2, 0) is 25.5 Å². The molecule has 1 aliphatic carbocycles. The van der Waals surface area contributed by atoms with Crippen LogP contribution in [0.1, 0.15) is 24.8 Å². The van der Waals surface area contributed by atoms with Gasteiger partial charge >= 0.3 is 5.97 Å². The fourth-order valence-corrected chi connectivity index (χ4v) is 2.77. The molecule has 0 unspecified atom stereocenters. The van der Waals surface area contributed by atoms with Gasteiger partial charge in [0.05, 0.1) is 7.11 Å². The molecule has 1 aromatic rings. The Hall–Kier alpha value is -2.40. The van der Waals surface area contributed by atoms with Crippen molar-refractivity contribution in [1.29, 1.82) is 0 Å². The first-order chi connectivity index (χ1) is 11.6. The molecule has 24 heavy (non-hydrogen) atoms. The van der Waals surface area contributed by atoms with Crippen LogP contribution in [0.4, 0.5) is 0 Å². The van der Waals surface area contributed by atoms with Crippen molar-refractivity contribution in [2.24, 2.45) is 0 Å². The summed E-state index contributed by atoms with van der Waals surface area (Å²) in [6, 6.07) is 7.62. The zero-order valence-corrected chi connectivity index (χ0v) is 13.6. The molecule has 0 N–H and O–H groups in total. The second-order valence-corrected chi connectivity index (χ2v) is 5.95. The van der Waals surface area contributed by atoms with E-state index in [1.807, 2.05) is 24.3 Å². The molecule has 0 radical (unpaired) electrons. The first kappa shape index (κ1) is 16.5. The van der Waals surface area contributed by atoms with E-state index in [1.54, 1.807) is 13.2 Å². The molecule has 0 amide bonds. The Labute approximate surface area is 140 Å². The summed E-state index contributed by atoms with van der Waals surface area (Å²) in [6.45, 7) is 0. The lowest BCUT2D eigenvalue weighted by molar-refractivity contribution is -0.213. The molecular weight excluding hydrogens is 308 g/mol. The maximum Gasteiger partial charge on any atom is 0.332 e. The van der Waals surface area contributed by atoms with E-state index in [4.69, 9.17) is 14.2 Å². The number of carbonyl (C=O) groups excluding carboxylic acids is 2. The number of benzene rings is 1. The number of carbonyl (C=O) groups is 2. The van der Waals surface area contributed by atoms with Crippen molar-refractivity contribution in [2.75, 3.05) is 7.11 Å². The van der Waals surface area contributed by atoms with Gasteiger partial charge in [0.25, 0.3) is 0 Å². The van der Waals surface area contributed by atoms with Crippen molar-refractivity contribution in [3.63, 3.8) is 0 Å². The number of ketones is 1. The van der Waals surface area contributed by atoms with Crippen molar-refractivity contribution in [1.82, 2.24) is 0 Å². The smallest absolute Gasteiger partial charge is 0.332 e. The van der Waals surface area contributed by atoms with E-state index in [0.717, 1.165) is 17.7 Å². The minimum Gasteiger partial charge on any atom is -0.497 e. The standard InChI is InChI=1S/C19H20O5/c1-22-15-8-6-14(7-9-15)4-2-5-17(21)23-18-11-10-16(20)19(24-18)12-3-13-19/h2,5-11,18H,3-4,12-13H2,1H3/b5-2+/t18-/m1/s1. The summed E-state index contributed by atoms with van der Waals surface area (Å²) in [4.78, 5) is 23.7. The molecule has 2 aliphatic rings. The Morgan fingerprint density at radius 1 is 1.33 bits per heavy atom. The molecule has 1 fully saturated rings. The van der Waals surface area contributed by atoms with Crippen molar-refractivity contribution in [2.45, 2.75) is 37.6 Å². The highest BCUT2D eigenvalue weighted by atomic mass is 16.7. The third-order valence-electron chi connectivity index (χ3n) is 4.36. The summed E-state index contributed by atoms with van der Waals surface area (Å²) >= 11 is 0. The van der Waals surface area contributed by atoms with E-state index in [9.17, 15) is 9.59 Å². The molecule has 5 heteroatoms. The fourth-order valence-electron chi connectivity index (χ4n) is 2.77. The molecule has 0 aromatic heterocycles. The van der Waals surface area contributed by atoms with Crippen LogP contribution in [-0.4, -0.2) is 30.8 Å². The normalized spacial score (nSPS) is 21.7. The van der Waals surface area contributed by atoms with Crippen LogP contribution >= 0.6 is 0 Å². The average molecular weight is 328 g/mol. The van der Waals surface area contributed by atoms with Gasteiger partial charge in [0.1, 0.15) is 11.4 Å². The Morgan fingerprint density at radius 3 is 2.71 bits per heavy atom. The molecule has 3 rings (SSSR count). The van der Waals surface area contributed by atoms with Crippen molar-refractivity contribution in [3.8, 4) is 5.75 Å². The molecule has 1 aromatic carbocycles. The lowest BCUT2D eigenvalue weighted by Crippen LogP contribution is -2.51. The molecule has 1 saturated carbocycles. The van der Waals surface area contributed by atoms with E-state index >= 15 is 0 Å². The van der Waals surface area contributed by atoms with Gasteiger partial charge in [-0.2, -0.15) is 0 Å². The van der Waals surface area contributed by atoms with Gasteiger partial charge in [-0.15, -0.1) is 0 Å². The van der Waals surface area contributed by atoms with Gasteiger partial charge in [0.2, 0.25) is 6.29 Å². The third kappa shape index (κ3) is 3.57. The summed E-state index contributed by atoms with van der Waals surface area (Å²) in [7, 11) is 1.62. The van der Waals surface area contributed by atoms with Gasteiger partial charge in [-0.25, -0.2) is 4.79 Å². The number of methoxy groups -OCH3 is 1. The van der Waals surface area contributed by atoms with Crippen molar-refractivity contribution >= 4 is 11.8 Å². The molecule has 1 heterocycles. The average Bonchev–Trinajstić information content (AvgIpc) is 2.56. The molecule has 0 saturated heterocycles. The molecular formula is C19H20O5. The number of rotatable bonds is 5. The summed E-state index contributed by atoms with van der Waals surface area (Å²) in [5.41, 5.74) is 0.305. The minimum atomic E-state index is -0.791. The maximum atomic E-state index is 11.9. The van der Waals surface area contributed by atoms with E-state index in [2.05, 4.69) is 0 Å². The molecule has 1 spiro atoms. The SMILES string of the molecule is COc1ccc(C/C=C/C(=O)O[C@H]2C=CC(=O)C3(CCC3)O2)cc1. The van der Waals surface area contributed by atoms with E-state index in [-0.39, 0.29) is 5.78 Å². The highest BCUT2D eigenvalue weighted by Gasteiger charge is 2.47. The number of esters is 1. The molecule has 0 bridgehead atoms. The van der Waals surface area contributed by atoms with E-state index in [1.165, 1.54) is 18.2 Å². The van der Waals surface area contributed by atoms with Gasteiger partial charge in [-0.3, -0.25) is 4.79 Å². The van der Waals surface area contributed by atoms with Gasteiger partial charge in [-0.1, -0.05) is 18.2 Å². The van der Waals surface area contributed by atoms with Crippen LogP contribution in [0.25, 0.3) is 0 Å². The molecule has 126 valence electrons. The van der Waals surface area contributed by atoms with Crippen LogP contribution in [0.3, 0.4) is 0 Å². The predicted molar refractivity (Wildman–Crippen MR) is 87.5 cm³/mol. The molecule has 5 nitrogen and oxygen atoms in total. The maximum absolute atomic E-state index is 11.9. The fraction of sp³-hybridized carbons (Fsp3) is 0.368. The van der Waals surface area contributed by atoms with Crippen molar-refractivity contribution < 1.29 is 23.8 Å². The summed E-state index contributed by atoms with van der Waals surface area (Å²) in [5.74, 6) is 0.279. The highest BCUT2D eigenvalue weighted by Crippen LogP contribution is 2.40. The first-order valence-corrected chi connectivity index (χ1v) is 8.02. The second kappa shape index (κ2) is 7.01. The second-order valence-electron chi connectivity index (χ2n) is 5.95. The third-order valence-corrected chi connectivity index (χ3v) is 4.36. The molecule has 1 atom stereocenters. The predicted octanol–water partition coefficient (Wildman–Crippen LogP) is 2.74. The van der Waals surface area contributed by atoms with Crippen molar-refractivity contribution in [3.05, 3.63) is 54.1 Å². The summed E-state index contributed by atoms with van der Waals surface area (Å²) < 4.78 is 16.0.